The molecule has 0 radical (unpaired) electrons. The van der Waals surface area contributed by atoms with Gasteiger partial charge < -0.3 is 14.6 Å². The van der Waals surface area contributed by atoms with Crippen LogP contribution in [-0.2, 0) is 4.79 Å². The monoisotopic (exact) mass is 374 g/mol. The quantitative estimate of drug-likeness (QED) is 0.442. The van der Waals surface area contributed by atoms with E-state index in [-0.39, 0.29) is 5.57 Å². The number of hydrogen-bond acceptors (Lipinski definition) is 3. The Balaban J connectivity index is 1.82. The van der Waals surface area contributed by atoms with Crippen LogP contribution in [0.25, 0.3) is 11.6 Å². The molecule has 0 bridgehead atoms. The summed E-state index contributed by atoms with van der Waals surface area (Å²) in [5, 5.41) is 9.59. The first kappa shape index (κ1) is 19.2. The number of methoxy groups -OCH3 is 1. The highest BCUT2D eigenvalue weighted by Crippen LogP contribution is 2.26. The third kappa shape index (κ3) is 4.80. The van der Waals surface area contributed by atoms with Gasteiger partial charge in [0.2, 0.25) is 0 Å². The number of rotatable bonds is 6. The summed E-state index contributed by atoms with van der Waals surface area (Å²) in [6, 6.07) is 20.3. The lowest BCUT2D eigenvalue weighted by Gasteiger charge is -2.09. The van der Waals surface area contributed by atoms with Crippen LogP contribution in [0.5, 0.6) is 17.2 Å². The molecule has 142 valence electrons. The second kappa shape index (κ2) is 8.44. The summed E-state index contributed by atoms with van der Waals surface area (Å²) in [5.41, 5.74) is 3.88. The zero-order chi connectivity index (χ0) is 20.1. The second-order valence-corrected chi connectivity index (χ2v) is 6.59. The van der Waals surface area contributed by atoms with Crippen molar-refractivity contribution in [3.05, 3.63) is 89.0 Å². The average Bonchev–Trinajstić information content (AvgIpc) is 2.66. The third-order valence-corrected chi connectivity index (χ3v) is 4.25. The van der Waals surface area contributed by atoms with Crippen LogP contribution in [0.1, 0.15) is 22.3 Å². The van der Waals surface area contributed by atoms with Crippen molar-refractivity contribution in [2.75, 3.05) is 7.11 Å². The molecule has 0 aliphatic heterocycles. The molecule has 3 aromatic carbocycles. The molecule has 0 aliphatic rings. The standard InChI is InChI=1S/C24H22O4/c1-16-12-17(2)14-22(13-16)28-21-8-4-18(5-9-21)15-23(24(25)26)19-6-10-20(27-3)11-7-19/h4-15H,1-3H3,(H,25,26)/b23-15+. The van der Waals surface area contributed by atoms with Crippen LogP contribution in [0.15, 0.2) is 66.7 Å². The highest BCUT2D eigenvalue weighted by atomic mass is 16.5. The summed E-state index contributed by atoms with van der Waals surface area (Å²) in [6.07, 6.45) is 1.64. The molecule has 3 rings (SSSR count). The summed E-state index contributed by atoms with van der Waals surface area (Å²) in [7, 11) is 1.57. The Labute approximate surface area is 164 Å². The Morgan fingerprint density at radius 1 is 0.821 bits per heavy atom. The van der Waals surface area contributed by atoms with Crippen LogP contribution >= 0.6 is 0 Å². The number of carboxylic acids is 1. The number of benzene rings is 3. The maximum atomic E-state index is 11.7. The largest absolute Gasteiger partial charge is 0.497 e. The average molecular weight is 374 g/mol. The van der Waals surface area contributed by atoms with Crippen LogP contribution in [0.2, 0.25) is 0 Å². The number of carboxylic acid groups (broad SMARTS) is 1. The van der Waals surface area contributed by atoms with Gasteiger partial charge in [0.1, 0.15) is 17.2 Å². The van der Waals surface area contributed by atoms with Crippen LogP contribution in [-0.4, -0.2) is 18.2 Å². The normalized spacial score (nSPS) is 11.2. The van der Waals surface area contributed by atoms with E-state index in [9.17, 15) is 9.90 Å². The fourth-order valence-corrected chi connectivity index (χ4v) is 2.97. The second-order valence-electron chi connectivity index (χ2n) is 6.59. The fourth-order valence-electron chi connectivity index (χ4n) is 2.97. The Bertz CT molecular complexity index is 980. The number of aliphatic carboxylic acids is 1. The van der Waals surface area contributed by atoms with Gasteiger partial charge in [0, 0.05) is 0 Å². The van der Waals surface area contributed by atoms with Gasteiger partial charge in [-0.15, -0.1) is 0 Å². The first-order valence-electron chi connectivity index (χ1n) is 8.90. The highest BCUT2D eigenvalue weighted by molar-refractivity contribution is 6.20. The lowest BCUT2D eigenvalue weighted by Crippen LogP contribution is -1.99. The molecule has 28 heavy (non-hydrogen) atoms. The molecule has 0 saturated heterocycles. The molecule has 0 amide bonds. The van der Waals surface area contributed by atoms with Crippen molar-refractivity contribution in [3.63, 3.8) is 0 Å². The van der Waals surface area contributed by atoms with Gasteiger partial charge in [0.05, 0.1) is 12.7 Å². The minimum Gasteiger partial charge on any atom is -0.497 e. The minimum atomic E-state index is -0.985. The van der Waals surface area contributed by atoms with E-state index in [1.807, 2.05) is 50.2 Å². The number of ether oxygens (including phenoxy) is 2. The Morgan fingerprint density at radius 3 is 1.93 bits per heavy atom. The van der Waals surface area contributed by atoms with Gasteiger partial charge in [-0.3, -0.25) is 0 Å². The van der Waals surface area contributed by atoms with Crippen molar-refractivity contribution in [1.82, 2.24) is 0 Å². The molecule has 0 atom stereocenters. The lowest BCUT2D eigenvalue weighted by molar-refractivity contribution is -0.130. The molecule has 0 saturated carbocycles. The maximum absolute atomic E-state index is 11.7. The van der Waals surface area contributed by atoms with Crippen LogP contribution in [0, 0.1) is 13.8 Å². The smallest absolute Gasteiger partial charge is 0.336 e. The minimum absolute atomic E-state index is 0.214. The predicted octanol–water partition coefficient (Wildman–Crippen LogP) is 5.73. The molecule has 4 nitrogen and oxygen atoms in total. The van der Waals surface area contributed by atoms with Crippen molar-refractivity contribution < 1.29 is 19.4 Å². The Morgan fingerprint density at radius 2 is 1.39 bits per heavy atom. The van der Waals surface area contributed by atoms with E-state index in [1.165, 1.54) is 0 Å². The third-order valence-electron chi connectivity index (χ3n) is 4.25. The highest BCUT2D eigenvalue weighted by Gasteiger charge is 2.11. The number of aryl methyl sites for hydroxylation is 2. The predicted molar refractivity (Wildman–Crippen MR) is 111 cm³/mol. The first-order valence-corrected chi connectivity index (χ1v) is 8.90. The van der Waals surface area contributed by atoms with Gasteiger partial charge in [0.25, 0.3) is 0 Å². The van der Waals surface area contributed by atoms with Gasteiger partial charge in [-0.1, -0.05) is 30.3 Å². The van der Waals surface area contributed by atoms with Crippen LogP contribution in [0.3, 0.4) is 0 Å². The molecule has 0 fully saturated rings. The molecule has 0 spiro atoms. The van der Waals surface area contributed by atoms with Gasteiger partial charge in [-0.25, -0.2) is 4.79 Å². The van der Waals surface area contributed by atoms with Gasteiger partial charge in [0.15, 0.2) is 0 Å². The summed E-state index contributed by atoms with van der Waals surface area (Å²) >= 11 is 0. The molecule has 1 N–H and O–H groups in total. The van der Waals surface area contributed by atoms with Crippen molar-refractivity contribution in [2.24, 2.45) is 0 Å². The van der Waals surface area contributed by atoms with E-state index in [0.29, 0.717) is 17.1 Å². The lowest BCUT2D eigenvalue weighted by atomic mass is 10.0. The summed E-state index contributed by atoms with van der Waals surface area (Å²) in [5.74, 6) is 1.18. The van der Waals surface area contributed by atoms with Crippen molar-refractivity contribution in [2.45, 2.75) is 13.8 Å². The first-order chi connectivity index (χ1) is 13.4. The van der Waals surface area contributed by atoms with Crippen LogP contribution < -0.4 is 9.47 Å². The summed E-state index contributed by atoms with van der Waals surface area (Å²) < 4.78 is 11.0. The zero-order valence-corrected chi connectivity index (χ0v) is 16.1. The maximum Gasteiger partial charge on any atom is 0.336 e. The molecular weight excluding hydrogens is 352 g/mol. The van der Waals surface area contributed by atoms with Gasteiger partial charge in [-0.05, 0) is 78.6 Å². The fraction of sp³-hybridized carbons (Fsp3) is 0.125. The van der Waals surface area contributed by atoms with Gasteiger partial charge >= 0.3 is 5.97 Å². The molecule has 0 aliphatic carbocycles. The van der Waals surface area contributed by atoms with E-state index in [4.69, 9.17) is 9.47 Å². The molecule has 0 heterocycles. The SMILES string of the molecule is COc1ccc(/C(=C\c2ccc(Oc3cc(C)cc(C)c3)cc2)C(=O)O)cc1. The Hall–Kier alpha value is -3.53. The molecule has 4 heteroatoms. The van der Waals surface area contributed by atoms with Gasteiger partial charge in [-0.2, -0.15) is 0 Å². The molecule has 3 aromatic rings. The van der Waals surface area contributed by atoms with E-state index >= 15 is 0 Å². The van der Waals surface area contributed by atoms with E-state index < -0.39 is 5.97 Å². The number of carbonyl (C=O) groups is 1. The van der Waals surface area contributed by atoms with E-state index in [0.717, 1.165) is 22.4 Å². The topological polar surface area (TPSA) is 55.8 Å². The number of hydrogen-bond donors (Lipinski definition) is 1. The van der Waals surface area contributed by atoms with E-state index in [1.54, 1.807) is 37.5 Å². The Kier molecular flexibility index (Phi) is 5.80. The molecular formula is C24H22O4. The molecule has 0 aromatic heterocycles. The van der Waals surface area contributed by atoms with Crippen molar-refractivity contribution >= 4 is 17.6 Å². The van der Waals surface area contributed by atoms with Crippen molar-refractivity contribution in [1.29, 1.82) is 0 Å². The molecule has 0 unspecified atom stereocenters. The summed E-state index contributed by atoms with van der Waals surface area (Å²) in [6.45, 7) is 4.06. The summed E-state index contributed by atoms with van der Waals surface area (Å²) in [4.78, 5) is 11.7. The van der Waals surface area contributed by atoms with Crippen molar-refractivity contribution in [3.8, 4) is 17.2 Å². The van der Waals surface area contributed by atoms with E-state index in [2.05, 4.69) is 6.07 Å². The van der Waals surface area contributed by atoms with Crippen LogP contribution in [0.4, 0.5) is 0 Å². The zero-order valence-electron chi connectivity index (χ0n) is 16.1.